The molecule has 1 amide bonds. The number of fused-ring (bicyclic) bond motifs is 1. The minimum atomic E-state index is -1.05. The Morgan fingerprint density at radius 3 is 2.42 bits per heavy atom. The Hall–Kier alpha value is -3.43. The molecule has 0 unspecified atom stereocenters. The number of nitrogens with zero attached hydrogens (tertiary/aromatic N) is 2. The Bertz CT molecular complexity index is 1480. The summed E-state index contributed by atoms with van der Waals surface area (Å²) in [5.74, 6) is -0.792. The van der Waals surface area contributed by atoms with Crippen molar-refractivity contribution in [3.63, 3.8) is 0 Å². The van der Waals surface area contributed by atoms with Crippen LogP contribution in [-0.4, -0.2) is 59.5 Å². The van der Waals surface area contributed by atoms with Crippen molar-refractivity contribution in [2.45, 2.75) is 70.4 Å². The second kappa shape index (κ2) is 12.7. The van der Waals surface area contributed by atoms with Crippen LogP contribution in [0.15, 0.2) is 60.7 Å². The zero-order valence-electron chi connectivity index (χ0n) is 24.7. The Labute approximate surface area is 257 Å². The summed E-state index contributed by atoms with van der Waals surface area (Å²) in [6.45, 7) is 7.29. The van der Waals surface area contributed by atoms with Gasteiger partial charge in [0.05, 0.1) is 22.9 Å². The molecule has 43 heavy (non-hydrogen) atoms. The molecule has 3 aromatic carbocycles. The van der Waals surface area contributed by atoms with Crippen molar-refractivity contribution < 1.29 is 19.4 Å². The van der Waals surface area contributed by atoms with Gasteiger partial charge in [0.15, 0.2) is 0 Å². The Balaban J connectivity index is 1.16. The highest BCUT2D eigenvalue weighted by Crippen LogP contribution is 2.35. The first kappa shape index (κ1) is 29.6. The average Bonchev–Trinajstić information content (AvgIpc) is 3.48. The Morgan fingerprint density at radius 2 is 1.74 bits per heavy atom. The van der Waals surface area contributed by atoms with Crippen LogP contribution in [0, 0.1) is 0 Å². The zero-order valence-corrected chi connectivity index (χ0v) is 25.4. The quantitative estimate of drug-likeness (QED) is 0.203. The van der Waals surface area contributed by atoms with E-state index in [1.807, 2.05) is 12.1 Å². The van der Waals surface area contributed by atoms with Crippen LogP contribution in [0.1, 0.15) is 67.1 Å². The molecule has 1 aliphatic carbocycles. The minimum absolute atomic E-state index is 0.205. The highest BCUT2D eigenvalue weighted by atomic mass is 35.5. The number of halogens is 1. The van der Waals surface area contributed by atoms with E-state index in [-0.39, 0.29) is 6.10 Å². The van der Waals surface area contributed by atoms with Crippen LogP contribution >= 0.6 is 11.6 Å². The maximum atomic E-state index is 13.2. The van der Waals surface area contributed by atoms with Gasteiger partial charge in [0.25, 0.3) is 5.91 Å². The third kappa shape index (κ3) is 6.73. The Kier molecular flexibility index (Phi) is 8.73. The topological polar surface area (TPSA) is 94.1 Å². The van der Waals surface area contributed by atoms with Gasteiger partial charge in [-0.25, -0.2) is 5.43 Å². The van der Waals surface area contributed by atoms with Crippen molar-refractivity contribution in [2.24, 2.45) is 0 Å². The largest absolute Gasteiger partial charge is 0.489 e. The molecule has 2 fully saturated rings. The van der Waals surface area contributed by atoms with Crippen LogP contribution in [0.25, 0.3) is 11.1 Å². The maximum absolute atomic E-state index is 13.2. The van der Waals surface area contributed by atoms with E-state index in [0.29, 0.717) is 34.5 Å². The van der Waals surface area contributed by atoms with E-state index in [2.05, 4.69) is 52.7 Å². The lowest BCUT2D eigenvalue weighted by Crippen LogP contribution is -2.48. The second-order valence-electron chi connectivity index (χ2n) is 12.1. The van der Waals surface area contributed by atoms with Gasteiger partial charge in [-0.2, -0.15) is 0 Å². The fraction of sp³-hybridized carbons (Fsp3) is 0.412. The number of amides is 1. The number of ether oxygens (including phenoxy) is 1. The van der Waals surface area contributed by atoms with E-state index in [1.54, 1.807) is 30.3 Å². The number of likely N-dealkylation sites (tertiary alicyclic amines) is 1. The van der Waals surface area contributed by atoms with Crippen LogP contribution < -0.4 is 20.5 Å². The number of benzene rings is 3. The lowest BCUT2D eigenvalue weighted by Gasteiger charge is -2.28. The molecule has 0 spiro atoms. The van der Waals surface area contributed by atoms with Gasteiger partial charge < -0.3 is 25.1 Å². The Morgan fingerprint density at radius 1 is 1.02 bits per heavy atom. The van der Waals surface area contributed by atoms with E-state index in [0.717, 1.165) is 62.1 Å². The first-order valence-corrected chi connectivity index (χ1v) is 15.6. The number of carbonyl (C=O) groups is 2. The average molecular weight is 603 g/mol. The lowest BCUT2D eigenvalue weighted by molar-refractivity contribution is -0.118. The molecule has 0 aromatic heterocycles. The van der Waals surface area contributed by atoms with Gasteiger partial charge in [-0.3, -0.25) is 9.59 Å². The summed E-state index contributed by atoms with van der Waals surface area (Å²) in [4.78, 5) is 28.7. The molecule has 2 aliphatic heterocycles. The van der Waals surface area contributed by atoms with E-state index < -0.39 is 23.8 Å². The molecular weight excluding hydrogens is 564 g/mol. The van der Waals surface area contributed by atoms with Gasteiger partial charge in [0, 0.05) is 24.7 Å². The number of hydrogen-bond donors (Lipinski definition) is 3. The van der Waals surface area contributed by atoms with Crippen LogP contribution in [0.4, 0.5) is 5.69 Å². The predicted octanol–water partition coefficient (Wildman–Crippen LogP) is 5.28. The van der Waals surface area contributed by atoms with Crippen molar-refractivity contribution in [1.29, 1.82) is 0 Å². The normalized spacial score (nSPS) is 18.0. The highest BCUT2D eigenvalue weighted by Gasteiger charge is 2.30. The molecule has 3 N–H and O–H groups in total. The van der Waals surface area contributed by atoms with Crippen molar-refractivity contribution in [1.82, 2.24) is 15.6 Å². The van der Waals surface area contributed by atoms with E-state index in [1.165, 1.54) is 5.56 Å². The van der Waals surface area contributed by atoms with Gasteiger partial charge in [0.2, 0.25) is 5.78 Å². The third-order valence-corrected chi connectivity index (χ3v) is 8.75. The first-order valence-electron chi connectivity index (χ1n) is 15.2. The molecular formula is C34H39ClN4O4. The van der Waals surface area contributed by atoms with E-state index >= 15 is 0 Å². The van der Waals surface area contributed by atoms with Gasteiger partial charge >= 0.3 is 0 Å². The second-order valence-corrected chi connectivity index (χ2v) is 12.5. The lowest BCUT2D eigenvalue weighted by atomic mass is 9.99. The standard InChI is InChI=1S/C34H39ClN4O4/c1-21(2)39-30-18-24(9-10-26(30)19-36-39)22-5-7-23(8-6-22)33(41)34(42)37-29(20-38-15-3-4-16-38)32(40)25-11-14-31(28(35)17-25)43-27-12-13-27/h5-11,14,17-18,21,27,29,32,36,40H,3-4,12-13,15-16,19-20H2,1-2H3,(H,37,42)/t29-,32-/m1/s1. The van der Waals surface area contributed by atoms with Crippen molar-refractivity contribution in [2.75, 3.05) is 24.6 Å². The number of ketones is 1. The number of carbonyl (C=O) groups excluding carboxylic acids is 2. The minimum Gasteiger partial charge on any atom is -0.489 e. The monoisotopic (exact) mass is 602 g/mol. The van der Waals surface area contributed by atoms with Gasteiger partial charge in [0.1, 0.15) is 11.9 Å². The molecule has 2 atom stereocenters. The summed E-state index contributed by atoms with van der Waals surface area (Å²) >= 11 is 6.47. The third-order valence-electron chi connectivity index (χ3n) is 8.45. The summed E-state index contributed by atoms with van der Waals surface area (Å²) in [6.07, 6.45) is 3.33. The molecule has 1 saturated heterocycles. The van der Waals surface area contributed by atoms with Crippen LogP contribution in [0.5, 0.6) is 5.75 Å². The molecule has 8 nitrogen and oxygen atoms in total. The summed E-state index contributed by atoms with van der Waals surface area (Å²) in [7, 11) is 0. The molecule has 0 bridgehead atoms. The number of aliphatic hydroxyl groups is 1. The molecule has 3 aliphatic rings. The molecule has 226 valence electrons. The van der Waals surface area contributed by atoms with E-state index in [4.69, 9.17) is 16.3 Å². The SMILES string of the molecule is CC(C)N1NCc2ccc(-c3ccc(C(=O)C(=O)N[C@H](CN4CCCC4)[C@H](O)c4ccc(OC5CC5)c(Cl)c4)cc3)cc21. The number of anilines is 1. The van der Waals surface area contributed by atoms with Gasteiger partial charge in [-0.15, -0.1) is 0 Å². The number of hydrogen-bond acceptors (Lipinski definition) is 7. The van der Waals surface area contributed by atoms with E-state index in [9.17, 15) is 14.7 Å². The smallest absolute Gasteiger partial charge is 0.292 e. The molecule has 0 radical (unpaired) electrons. The molecule has 9 heteroatoms. The highest BCUT2D eigenvalue weighted by molar-refractivity contribution is 6.42. The van der Waals surface area contributed by atoms with Crippen molar-refractivity contribution >= 4 is 29.0 Å². The summed E-state index contributed by atoms with van der Waals surface area (Å²) < 4.78 is 5.83. The van der Waals surface area contributed by atoms with Crippen molar-refractivity contribution in [3.05, 3.63) is 82.4 Å². The summed E-state index contributed by atoms with van der Waals surface area (Å²) in [5.41, 5.74) is 8.68. The number of nitrogens with one attached hydrogen (secondary N) is 2. The fourth-order valence-corrected chi connectivity index (χ4v) is 6.11. The maximum Gasteiger partial charge on any atom is 0.292 e. The number of Topliss-reactive ketones (excluding diaryl/α,β-unsaturated/α-hetero) is 1. The number of rotatable bonds is 11. The fourth-order valence-electron chi connectivity index (χ4n) is 5.87. The van der Waals surface area contributed by atoms with Crippen LogP contribution in [-0.2, 0) is 11.3 Å². The molecule has 1 saturated carbocycles. The molecule has 2 heterocycles. The summed E-state index contributed by atoms with van der Waals surface area (Å²) in [6, 6.07) is 18.3. The first-order chi connectivity index (χ1) is 20.8. The van der Waals surface area contributed by atoms with Gasteiger partial charge in [-0.05, 0) is 93.1 Å². The van der Waals surface area contributed by atoms with Crippen LogP contribution in [0.2, 0.25) is 5.02 Å². The van der Waals surface area contributed by atoms with Crippen LogP contribution in [0.3, 0.4) is 0 Å². The predicted molar refractivity (Wildman–Crippen MR) is 168 cm³/mol. The number of hydrazine groups is 1. The summed E-state index contributed by atoms with van der Waals surface area (Å²) in [5, 5.41) is 16.8. The zero-order chi connectivity index (χ0) is 30.1. The number of aliphatic hydroxyl groups excluding tert-OH is 1. The van der Waals surface area contributed by atoms with Gasteiger partial charge in [-0.1, -0.05) is 54.1 Å². The molecule has 3 aromatic rings. The molecule has 6 rings (SSSR count). The van der Waals surface area contributed by atoms with Crippen molar-refractivity contribution in [3.8, 4) is 16.9 Å².